The summed E-state index contributed by atoms with van der Waals surface area (Å²) in [6.45, 7) is 1.99. The number of rotatable bonds is 3. The zero-order chi connectivity index (χ0) is 30.2. The molecule has 6 aromatic rings. The van der Waals surface area contributed by atoms with Crippen molar-refractivity contribution in [3.63, 3.8) is 0 Å². The van der Waals surface area contributed by atoms with Crippen LogP contribution in [0, 0.1) is 6.92 Å². The predicted molar refractivity (Wildman–Crippen MR) is 136 cm³/mol. The highest BCUT2D eigenvalue weighted by Gasteiger charge is 2.14. The zero-order valence-electron chi connectivity index (χ0n) is 27.2. The number of fused-ring (bicyclic) bond motifs is 3. The summed E-state index contributed by atoms with van der Waals surface area (Å²) in [4.78, 5) is 0. The van der Waals surface area contributed by atoms with Gasteiger partial charge in [0.05, 0.1) is 24.7 Å². The Morgan fingerprint density at radius 3 is 1.59 bits per heavy atom. The van der Waals surface area contributed by atoms with Gasteiger partial charge in [-0.05, 0) is 71.1 Å². The molecule has 0 atom stereocenters. The molecule has 0 unspecified atom stereocenters. The highest BCUT2D eigenvalue weighted by atomic mass is 15.0. The maximum Gasteiger partial charge on any atom is 0.0629 e. The first kappa shape index (κ1) is 11.0. The molecule has 152 valence electrons. The lowest BCUT2D eigenvalue weighted by molar-refractivity contribution is 1.17. The van der Waals surface area contributed by atoms with Crippen LogP contribution < -0.4 is 0 Å². The molecule has 0 N–H and O–H groups in total. The van der Waals surface area contributed by atoms with Crippen molar-refractivity contribution in [2.75, 3.05) is 0 Å². The van der Waals surface area contributed by atoms with Gasteiger partial charge in [-0.25, -0.2) is 0 Å². The lowest BCUT2D eigenvalue weighted by Crippen LogP contribution is -1.94. The van der Waals surface area contributed by atoms with Crippen LogP contribution in [0.15, 0.2) is 121 Å². The topological polar surface area (TPSA) is 4.93 Å². The Morgan fingerprint density at radius 2 is 1.09 bits per heavy atom. The fourth-order valence-corrected chi connectivity index (χ4v) is 4.17. The maximum atomic E-state index is 8.49. The van der Waals surface area contributed by atoms with Crippen LogP contribution in [-0.4, -0.2) is 4.57 Å². The Morgan fingerprint density at radius 1 is 0.562 bits per heavy atom. The van der Waals surface area contributed by atoms with E-state index in [0.29, 0.717) is 21.9 Å². The number of aromatic nitrogens is 1. The number of nitrogens with zero attached hydrogens (tertiary/aromatic N) is 1. The molecule has 0 saturated heterocycles. The number of hydrogen-bond donors (Lipinski definition) is 0. The summed E-state index contributed by atoms with van der Waals surface area (Å²) >= 11 is 0. The van der Waals surface area contributed by atoms with Gasteiger partial charge in [0.25, 0.3) is 0 Å². The molecule has 0 aliphatic rings. The molecular formula is C31H23N. The van der Waals surface area contributed by atoms with Crippen molar-refractivity contribution in [2.24, 2.45) is 0 Å². The number of aryl methyl sites for hydroxylation is 1. The molecule has 32 heavy (non-hydrogen) atoms. The SMILES string of the molecule is [2H]c1c([2H])c([2H])c(-c2ccc3c(c2)c2cc(-c4c([2H])c([2H])c([2H])c([2H])c4[2H])ccc2n3-c2cccc(C)c2)c([2H])c1[2H]. The summed E-state index contributed by atoms with van der Waals surface area (Å²) in [6.07, 6.45) is 0. The van der Waals surface area contributed by atoms with Crippen molar-refractivity contribution in [3.8, 4) is 27.9 Å². The van der Waals surface area contributed by atoms with E-state index in [0.717, 1.165) is 22.3 Å². The van der Waals surface area contributed by atoms with E-state index < -0.39 is 36.3 Å². The van der Waals surface area contributed by atoms with Crippen LogP contribution in [0.4, 0.5) is 0 Å². The summed E-state index contributed by atoms with van der Waals surface area (Å²) in [7, 11) is 0. The maximum absolute atomic E-state index is 8.49. The van der Waals surface area contributed by atoms with Crippen LogP contribution in [0.3, 0.4) is 0 Å². The van der Waals surface area contributed by atoms with Gasteiger partial charge in [0.1, 0.15) is 0 Å². The molecule has 1 aromatic heterocycles. The Bertz CT molecular complexity index is 1930. The van der Waals surface area contributed by atoms with Gasteiger partial charge in [0.15, 0.2) is 0 Å². The van der Waals surface area contributed by atoms with Crippen molar-refractivity contribution in [3.05, 3.63) is 127 Å². The van der Waals surface area contributed by atoms with E-state index in [1.54, 1.807) is 24.3 Å². The summed E-state index contributed by atoms with van der Waals surface area (Å²) in [5, 5.41) is 1.43. The van der Waals surface area contributed by atoms with Crippen LogP contribution in [0.5, 0.6) is 0 Å². The van der Waals surface area contributed by atoms with Crippen molar-refractivity contribution in [1.29, 1.82) is 0 Å². The van der Waals surface area contributed by atoms with Crippen molar-refractivity contribution in [1.82, 2.24) is 4.57 Å². The quantitative estimate of drug-likeness (QED) is 0.271. The molecule has 1 heterocycles. The smallest absolute Gasteiger partial charge is 0.0629 e. The fraction of sp³-hybridized carbons (Fsp3) is 0.0323. The van der Waals surface area contributed by atoms with Crippen molar-refractivity contribution >= 4 is 21.8 Å². The van der Waals surface area contributed by atoms with Gasteiger partial charge >= 0.3 is 0 Å². The van der Waals surface area contributed by atoms with E-state index in [2.05, 4.69) is 4.57 Å². The lowest BCUT2D eigenvalue weighted by atomic mass is 10.0. The Balaban J connectivity index is 1.72. The van der Waals surface area contributed by atoms with Crippen molar-refractivity contribution in [2.45, 2.75) is 6.92 Å². The molecule has 0 fully saturated rings. The third kappa shape index (κ3) is 3.11. The van der Waals surface area contributed by atoms with Gasteiger partial charge < -0.3 is 4.57 Å². The highest BCUT2D eigenvalue weighted by Crippen LogP contribution is 2.37. The van der Waals surface area contributed by atoms with Gasteiger partial charge in [0, 0.05) is 16.5 Å². The van der Waals surface area contributed by atoms with E-state index in [9.17, 15) is 0 Å². The average Bonchev–Trinajstić information content (AvgIpc) is 3.30. The zero-order valence-corrected chi connectivity index (χ0v) is 17.2. The summed E-state index contributed by atoms with van der Waals surface area (Å²) in [5.41, 5.74) is 4.58. The molecule has 0 spiro atoms. The van der Waals surface area contributed by atoms with Crippen molar-refractivity contribution < 1.29 is 13.7 Å². The minimum Gasteiger partial charge on any atom is -0.309 e. The molecule has 0 aliphatic carbocycles. The van der Waals surface area contributed by atoms with Crippen LogP contribution in [-0.2, 0) is 0 Å². The minimum absolute atomic E-state index is 0.0844. The highest BCUT2D eigenvalue weighted by molar-refractivity contribution is 6.11. The third-order valence-electron chi connectivity index (χ3n) is 5.60. The first-order chi connectivity index (χ1) is 19.9. The van der Waals surface area contributed by atoms with Crippen LogP contribution in [0.1, 0.15) is 19.3 Å². The second-order valence-corrected chi connectivity index (χ2v) is 7.64. The Hall–Kier alpha value is -4.10. The third-order valence-corrected chi connectivity index (χ3v) is 5.60. The fourth-order valence-electron chi connectivity index (χ4n) is 4.17. The Kier molecular flexibility index (Phi) is 2.59. The average molecular weight is 420 g/mol. The molecule has 0 bridgehead atoms. The van der Waals surface area contributed by atoms with E-state index >= 15 is 0 Å². The van der Waals surface area contributed by atoms with E-state index in [-0.39, 0.29) is 35.3 Å². The van der Waals surface area contributed by atoms with Gasteiger partial charge in [-0.15, -0.1) is 0 Å². The monoisotopic (exact) mass is 419 g/mol. The number of hydrogen-bond acceptors (Lipinski definition) is 0. The summed E-state index contributed by atoms with van der Waals surface area (Å²) in [6, 6.07) is 14.8. The van der Waals surface area contributed by atoms with Crippen LogP contribution in [0.2, 0.25) is 0 Å². The molecule has 0 radical (unpaired) electrons. The molecule has 1 nitrogen and oxygen atoms in total. The van der Waals surface area contributed by atoms with E-state index in [1.165, 1.54) is 0 Å². The van der Waals surface area contributed by atoms with E-state index in [1.807, 2.05) is 43.3 Å². The van der Waals surface area contributed by atoms with Gasteiger partial charge in [-0.2, -0.15) is 0 Å². The second-order valence-electron chi connectivity index (χ2n) is 7.64. The Labute approximate surface area is 202 Å². The molecule has 0 aliphatic heterocycles. The molecule has 6 rings (SSSR count). The molecule has 0 amide bonds. The second kappa shape index (κ2) is 7.55. The summed E-state index contributed by atoms with van der Waals surface area (Å²) in [5.74, 6) is 0. The minimum atomic E-state index is -0.464. The first-order valence-electron chi connectivity index (χ1n) is 15.2. The molecule has 0 saturated carbocycles. The summed E-state index contributed by atoms with van der Waals surface area (Å²) < 4.78 is 84.5. The van der Waals surface area contributed by atoms with Crippen LogP contribution >= 0.6 is 0 Å². The normalized spacial score (nSPS) is 15.7. The lowest BCUT2D eigenvalue weighted by Gasteiger charge is -2.09. The van der Waals surface area contributed by atoms with Gasteiger partial charge in [-0.1, -0.05) is 84.7 Å². The van der Waals surface area contributed by atoms with E-state index in [4.69, 9.17) is 13.7 Å². The molecule has 5 aromatic carbocycles. The first-order valence-corrected chi connectivity index (χ1v) is 10.2. The largest absolute Gasteiger partial charge is 0.309 e. The molecular weight excluding hydrogens is 386 g/mol. The number of benzene rings is 5. The molecule has 1 heteroatoms. The standard InChI is InChI=1S/C31H23N/c1-22-9-8-14-27(19-22)32-30-17-15-25(23-10-4-2-5-11-23)20-28(30)29-21-26(16-18-31(29)32)24-12-6-3-7-13-24/h2-21H,1H3/i2D,3D,4D,5D,6D,7D,10D,11D,12D,13D. The van der Waals surface area contributed by atoms with Gasteiger partial charge in [-0.3, -0.25) is 0 Å². The van der Waals surface area contributed by atoms with Crippen LogP contribution in [0.25, 0.3) is 49.7 Å². The van der Waals surface area contributed by atoms with Gasteiger partial charge in [0.2, 0.25) is 0 Å². The predicted octanol–water partition coefficient (Wildman–Crippen LogP) is 8.43.